The van der Waals surface area contributed by atoms with E-state index in [-0.39, 0.29) is 6.04 Å². The number of hydrogen-bond acceptors (Lipinski definition) is 7. The van der Waals surface area contributed by atoms with Gasteiger partial charge in [0.05, 0.1) is 18.8 Å². The highest BCUT2D eigenvalue weighted by Crippen LogP contribution is 2.31. The van der Waals surface area contributed by atoms with E-state index in [1.807, 2.05) is 48.7 Å². The molecule has 4 rings (SSSR count). The maximum absolute atomic E-state index is 5.57. The summed E-state index contributed by atoms with van der Waals surface area (Å²) < 4.78 is 10.8. The topological polar surface area (TPSA) is 76.3 Å². The molecule has 0 radical (unpaired) electrons. The fourth-order valence-electron chi connectivity index (χ4n) is 3.42. The molecule has 7 nitrogen and oxygen atoms in total. The molecule has 27 heavy (non-hydrogen) atoms. The van der Waals surface area contributed by atoms with Gasteiger partial charge in [0.15, 0.2) is 0 Å². The highest BCUT2D eigenvalue weighted by Gasteiger charge is 2.34. The maximum Gasteiger partial charge on any atom is 0.244 e. The molecule has 0 saturated carbocycles. The first-order chi connectivity index (χ1) is 13.2. The van der Waals surface area contributed by atoms with Crippen LogP contribution in [0.3, 0.4) is 0 Å². The number of likely N-dealkylation sites (N-methyl/N-ethyl adjacent to an activating group) is 1. The van der Waals surface area contributed by atoms with Crippen molar-refractivity contribution in [1.29, 1.82) is 0 Å². The number of methoxy groups -OCH3 is 1. The molecule has 2 unspecified atom stereocenters. The van der Waals surface area contributed by atoms with Crippen molar-refractivity contribution in [3.05, 3.63) is 60.2 Å². The van der Waals surface area contributed by atoms with Gasteiger partial charge in [-0.3, -0.25) is 9.88 Å². The molecule has 3 aromatic rings. The number of nitrogens with zero attached hydrogens (tertiary/aromatic N) is 4. The van der Waals surface area contributed by atoms with Crippen LogP contribution in [-0.2, 0) is 6.54 Å². The van der Waals surface area contributed by atoms with Crippen molar-refractivity contribution < 1.29 is 9.26 Å². The molecule has 0 spiro atoms. The standard InChI is InChI=1S/C20H23N5O2/c1-25-13-16(22-12-15-5-3-4-10-21-15)11-18(25)20-23-19(24-27-20)14-6-8-17(26-2)9-7-14/h3-10,16,18,22H,11-13H2,1-2H3. The number of pyridine rings is 1. The molecular formula is C20H23N5O2. The molecule has 1 saturated heterocycles. The third kappa shape index (κ3) is 3.99. The van der Waals surface area contributed by atoms with Crippen molar-refractivity contribution in [1.82, 2.24) is 25.3 Å². The van der Waals surface area contributed by atoms with Gasteiger partial charge in [-0.2, -0.15) is 4.98 Å². The number of nitrogens with one attached hydrogen (secondary N) is 1. The minimum Gasteiger partial charge on any atom is -0.497 e. The fraction of sp³-hybridized carbons (Fsp3) is 0.350. The molecule has 2 aromatic heterocycles. The van der Waals surface area contributed by atoms with Crippen molar-refractivity contribution in [2.75, 3.05) is 20.7 Å². The Balaban J connectivity index is 1.40. The lowest BCUT2D eigenvalue weighted by molar-refractivity contribution is 0.244. The van der Waals surface area contributed by atoms with Crippen molar-refractivity contribution >= 4 is 0 Å². The Labute approximate surface area is 158 Å². The number of ether oxygens (including phenoxy) is 1. The van der Waals surface area contributed by atoms with Gasteiger partial charge >= 0.3 is 0 Å². The van der Waals surface area contributed by atoms with Crippen LogP contribution < -0.4 is 10.1 Å². The highest BCUT2D eigenvalue weighted by molar-refractivity contribution is 5.55. The molecular weight excluding hydrogens is 342 g/mol. The van der Waals surface area contributed by atoms with E-state index in [4.69, 9.17) is 9.26 Å². The van der Waals surface area contributed by atoms with Crippen LogP contribution in [0.1, 0.15) is 24.0 Å². The van der Waals surface area contributed by atoms with Gasteiger partial charge in [0, 0.05) is 30.9 Å². The first-order valence-electron chi connectivity index (χ1n) is 9.04. The molecule has 0 bridgehead atoms. The Hall–Kier alpha value is -2.77. The average Bonchev–Trinajstić information content (AvgIpc) is 3.34. The summed E-state index contributed by atoms with van der Waals surface area (Å²) >= 11 is 0. The van der Waals surface area contributed by atoms with Gasteiger partial charge in [-0.15, -0.1) is 0 Å². The number of hydrogen-bond donors (Lipinski definition) is 1. The van der Waals surface area contributed by atoms with E-state index in [0.717, 1.165) is 36.5 Å². The molecule has 2 atom stereocenters. The van der Waals surface area contributed by atoms with Gasteiger partial charge in [0.25, 0.3) is 0 Å². The van der Waals surface area contributed by atoms with E-state index in [1.165, 1.54) is 0 Å². The molecule has 1 aromatic carbocycles. The largest absolute Gasteiger partial charge is 0.497 e. The summed E-state index contributed by atoms with van der Waals surface area (Å²) in [6.45, 7) is 1.69. The lowest BCUT2D eigenvalue weighted by atomic mass is 10.1. The number of rotatable bonds is 6. The fourth-order valence-corrected chi connectivity index (χ4v) is 3.42. The van der Waals surface area contributed by atoms with E-state index in [2.05, 4.69) is 32.4 Å². The van der Waals surface area contributed by atoms with Gasteiger partial charge in [-0.1, -0.05) is 11.2 Å². The number of aromatic nitrogens is 3. The summed E-state index contributed by atoms with van der Waals surface area (Å²) in [6, 6.07) is 14.1. The van der Waals surface area contributed by atoms with Crippen molar-refractivity contribution in [3.63, 3.8) is 0 Å². The van der Waals surface area contributed by atoms with E-state index in [1.54, 1.807) is 7.11 Å². The third-order valence-corrected chi connectivity index (χ3v) is 4.92. The van der Waals surface area contributed by atoms with Gasteiger partial charge in [0.2, 0.25) is 11.7 Å². The second-order valence-corrected chi connectivity index (χ2v) is 6.77. The third-order valence-electron chi connectivity index (χ3n) is 4.92. The van der Waals surface area contributed by atoms with Crippen molar-refractivity contribution in [2.24, 2.45) is 0 Å². The minimum atomic E-state index is 0.116. The van der Waals surface area contributed by atoms with Gasteiger partial charge in [-0.05, 0) is 49.9 Å². The average molecular weight is 365 g/mol. The second kappa shape index (κ2) is 7.85. The van der Waals surface area contributed by atoms with Crippen LogP contribution in [0, 0.1) is 0 Å². The van der Waals surface area contributed by atoms with Crippen LogP contribution in [0.25, 0.3) is 11.4 Å². The Morgan fingerprint density at radius 1 is 1.22 bits per heavy atom. The lowest BCUT2D eigenvalue weighted by Crippen LogP contribution is -2.31. The minimum absolute atomic E-state index is 0.116. The summed E-state index contributed by atoms with van der Waals surface area (Å²) in [4.78, 5) is 11.2. The van der Waals surface area contributed by atoms with Gasteiger partial charge < -0.3 is 14.6 Å². The van der Waals surface area contributed by atoms with Crippen molar-refractivity contribution in [2.45, 2.75) is 25.0 Å². The summed E-state index contributed by atoms with van der Waals surface area (Å²) in [5.41, 5.74) is 1.96. The van der Waals surface area contributed by atoms with E-state index in [0.29, 0.717) is 17.8 Å². The van der Waals surface area contributed by atoms with Crippen LogP contribution in [0.15, 0.2) is 53.2 Å². The molecule has 0 amide bonds. The summed E-state index contributed by atoms with van der Waals surface area (Å²) in [6.07, 6.45) is 2.74. The monoisotopic (exact) mass is 365 g/mol. The Kier molecular flexibility index (Phi) is 5.13. The number of benzene rings is 1. The normalized spacial score (nSPS) is 20.1. The predicted octanol–water partition coefficient (Wildman–Crippen LogP) is 2.68. The molecule has 1 fully saturated rings. The van der Waals surface area contributed by atoms with Crippen LogP contribution in [0.2, 0.25) is 0 Å². The summed E-state index contributed by atoms with van der Waals surface area (Å²) in [5.74, 6) is 2.07. The molecule has 140 valence electrons. The summed E-state index contributed by atoms with van der Waals surface area (Å²) in [5, 5.41) is 7.73. The zero-order valence-corrected chi connectivity index (χ0v) is 15.5. The van der Waals surface area contributed by atoms with E-state index < -0.39 is 0 Å². The first-order valence-corrected chi connectivity index (χ1v) is 9.04. The first kappa shape index (κ1) is 17.6. The Morgan fingerprint density at radius 2 is 2.07 bits per heavy atom. The second-order valence-electron chi connectivity index (χ2n) is 6.77. The van der Waals surface area contributed by atoms with Gasteiger partial charge in [-0.25, -0.2) is 0 Å². The molecule has 1 N–H and O–H groups in total. The van der Waals surface area contributed by atoms with Gasteiger partial charge in [0.1, 0.15) is 5.75 Å². The Bertz CT molecular complexity index is 866. The SMILES string of the molecule is COc1ccc(-c2noc(C3CC(NCc4ccccn4)CN3C)n2)cc1. The molecule has 1 aliphatic rings. The van der Waals surface area contributed by atoms with Crippen LogP contribution >= 0.6 is 0 Å². The van der Waals surface area contributed by atoms with Crippen LogP contribution in [-0.4, -0.2) is 46.8 Å². The van der Waals surface area contributed by atoms with E-state index >= 15 is 0 Å². The van der Waals surface area contributed by atoms with Crippen molar-refractivity contribution in [3.8, 4) is 17.1 Å². The molecule has 1 aliphatic heterocycles. The molecule has 3 heterocycles. The zero-order valence-electron chi connectivity index (χ0n) is 15.5. The Morgan fingerprint density at radius 3 is 2.81 bits per heavy atom. The highest BCUT2D eigenvalue weighted by atomic mass is 16.5. The lowest BCUT2D eigenvalue weighted by Gasteiger charge is -2.14. The van der Waals surface area contributed by atoms with E-state index in [9.17, 15) is 0 Å². The zero-order chi connectivity index (χ0) is 18.6. The van der Waals surface area contributed by atoms with Crippen LogP contribution in [0.4, 0.5) is 0 Å². The quantitative estimate of drug-likeness (QED) is 0.720. The molecule has 7 heteroatoms. The summed E-state index contributed by atoms with van der Waals surface area (Å²) in [7, 11) is 3.74. The molecule has 0 aliphatic carbocycles. The number of likely N-dealkylation sites (tertiary alicyclic amines) is 1. The predicted molar refractivity (Wildman–Crippen MR) is 101 cm³/mol. The maximum atomic E-state index is 5.57. The van der Waals surface area contributed by atoms with Crippen LogP contribution in [0.5, 0.6) is 5.75 Å². The smallest absolute Gasteiger partial charge is 0.244 e.